The molecule has 0 aliphatic heterocycles. The lowest BCUT2D eigenvalue weighted by Crippen LogP contribution is -2.05. The molecular formula is C11H10N2O5. The second-order valence-corrected chi connectivity index (χ2v) is 3.58. The Morgan fingerprint density at radius 1 is 1.50 bits per heavy atom. The fraction of sp³-hybridized carbons (Fsp3) is 0.182. The summed E-state index contributed by atoms with van der Waals surface area (Å²) in [4.78, 5) is 21.1. The average Bonchev–Trinajstić information content (AvgIpc) is 2.74. The Morgan fingerprint density at radius 2 is 2.22 bits per heavy atom. The number of furan rings is 1. The van der Waals surface area contributed by atoms with Crippen LogP contribution in [-0.2, 0) is 4.79 Å². The highest BCUT2D eigenvalue weighted by Crippen LogP contribution is 2.36. The third kappa shape index (κ3) is 1.97. The van der Waals surface area contributed by atoms with Gasteiger partial charge in [-0.3, -0.25) is 14.9 Å². The second kappa shape index (κ2) is 4.36. The third-order valence-electron chi connectivity index (χ3n) is 2.34. The summed E-state index contributed by atoms with van der Waals surface area (Å²) >= 11 is 0. The monoisotopic (exact) mass is 250 g/mol. The van der Waals surface area contributed by atoms with Gasteiger partial charge in [0.1, 0.15) is 4.92 Å². The normalized spacial score (nSPS) is 10.3. The predicted octanol–water partition coefficient (Wildman–Crippen LogP) is 2.31. The molecule has 0 radical (unpaired) electrons. The average molecular weight is 250 g/mol. The fourth-order valence-electron chi connectivity index (χ4n) is 1.63. The Balaban J connectivity index is 2.67. The predicted molar refractivity (Wildman–Crippen MR) is 63.7 cm³/mol. The summed E-state index contributed by atoms with van der Waals surface area (Å²) in [5.41, 5.74) is 0.672. The lowest BCUT2D eigenvalue weighted by atomic mass is 10.2. The molecule has 0 fully saturated rings. The SMILES string of the molecule is COc1ccc(NC(C)=O)c2cc([N+](=O)[O-])oc12. The molecule has 7 nitrogen and oxygen atoms in total. The molecule has 94 valence electrons. The number of carbonyl (C=O) groups is 1. The summed E-state index contributed by atoms with van der Waals surface area (Å²) < 4.78 is 10.1. The van der Waals surface area contributed by atoms with Crippen molar-refractivity contribution in [1.29, 1.82) is 0 Å². The zero-order valence-corrected chi connectivity index (χ0v) is 9.72. The Labute approximate surface area is 101 Å². The van der Waals surface area contributed by atoms with Gasteiger partial charge in [-0.2, -0.15) is 0 Å². The first-order chi connectivity index (χ1) is 8.52. The quantitative estimate of drug-likeness (QED) is 0.666. The van der Waals surface area contributed by atoms with E-state index in [0.717, 1.165) is 0 Å². The van der Waals surface area contributed by atoms with Crippen molar-refractivity contribution in [2.75, 3.05) is 12.4 Å². The van der Waals surface area contributed by atoms with E-state index in [-0.39, 0.29) is 11.5 Å². The minimum atomic E-state index is -0.642. The molecule has 0 bridgehead atoms. The Kier molecular flexibility index (Phi) is 2.88. The minimum Gasteiger partial charge on any atom is -0.493 e. The van der Waals surface area contributed by atoms with Crippen LogP contribution in [0, 0.1) is 10.1 Å². The first-order valence-corrected chi connectivity index (χ1v) is 5.05. The van der Waals surface area contributed by atoms with Crippen molar-refractivity contribution >= 4 is 28.4 Å². The number of carbonyl (C=O) groups excluding carboxylic acids is 1. The van der Waals surface area contributed by atoms with Crippen LogP contribution in [0.25, 0.3) is 11.0 Å². The third-order valence-corrected chi connectivity index (χ3v) is 2.34. The first kappa shape index (κ1) is 11.9. The van der Waals surface area contributed by atoms with Gasteiger partial charge in [0.2, 0.25) is 5.91 Å². The lowest BCUT2D eigenvalue weighted by Gasteiger charge is -2.05. The Morgan fingerprint density at radius 3 is 2.78 bits per heavy atom. The molecule has 1 heterocycles. The standard InChI is InChI=1S/C11H10N2O5/c1-6(14)12-8-3-4-9(17-2)11-7(8)5-10(18-11)13(15)16/h3-5H,1-2H3,(H,12,14). The lowest BCUT2D eigenvalue weighted by molar-refractivity contribution is -0.401. The van der Waals surface area contributed by atoms with Crippen LogP contribution >= 0.6 is 0 Å². The molecule has 1 aromatic carbocycles. The van der Waals surface area contributed by atoms with E-state index < -0.39 is 10.8 Å². The van der Waals surface area contributed by atoms with E-state index in [4.69, 9.17) is 9.15 Å². The van der Waals surface area contributed by atoms with Crippen molar-refractivity contribution in [3.05, 3.63) is 28.3 Å². The van der Waals surface area contributed by atoms with E-state index in [1.54, 1.807) is 12.1 Å². The number of hydrogen-bond acceptors (Lipinski definition) is 5. The number of ether oxygens (including phenoxy) is 1. The van der Waals surface area contributed by atoms with E-state index in [2.05, 4.69) is 5.32 Å². The van der Waals surface area contributed by atoms with Gasteiger partial charge in [-0.1, -0.05) is 0 Å². The van der Waals surface area contributed by atoms with Crippen LogP contribution in [0.3, 0.4) is 0 Å². The topological polar surface area (TPSA) is 94.6 Å². The summed E-state index contributed by atoms with van der Waals surface area (Å²) in [6.07, 6.45) is 0. The molecule has 1 amide bonds. The molecule has 0 atom stereocenters. The maximum Gasteiger partial charge on any atom is 0.434 e. The molecule has 18 heavy (non-hydrogen) atoms. The zero-order valence-electron chi connectivity index (χ0n) is 9.72. The van der Waals surface area contributed by atoms with Crippen molar-refractivity contribution < 1.29 is 18.9 Å². The summed E-state index contributed by atoms with van der Waals surface area (Å²) in [5, 5.41) is 13.7. The van der Waals surface area contributed by atoms with Gasteiger partial charge in [0, 0.05) is 6.92 Å². The minimum absolute atomic E-state index is 0.232. The van der Waals surface area contributed by atoms with Gasteiger partial charge in [-0.05, 0) is 12.1 Å². The van der Waals surface area contributed by atoms with Gasteiger partial charge in [-0.15, -0.1) is 0 Å². The second-order valence-electron chi connectivity index (χ2n) is 3.58. The number of nitrogens with zero attached hydrogens (tertiary/aromatic N) is 1. The molecule has 7 heteroatoms. The summed E-state index contributed by atoms with van der Waals surface area (Å²) in [7, 11) is 1.43. The van der Waals surface area contributed by atoms with Crippen molar-refractivity contribution in [2.24, 2.45) is 0 Å². The Hall–Kier alpha value is -2.57. The molecule has 1 aromatic heterocycles. The number of rotatable bonds is 3. The van der Waals surface area contributed by atoms with Crippen molar-refractivity contribution in [1.82, 2.24) is 0 Å². The fourth-order valence-corrected chi connectivity index (χ4v) is 1.63. The van der Waals surface area contributed by atoms with E-state index in [9.17, 15) is 14.9 Å². The molecule has 2 rings (SSSR count). The number of benzene rings is 1. The maximum atomic E-state index is 11.0. The molecule has 1 N–H and O–H groups in total. The van der Waals surface area contributed by atoms with Gasteiger partial charge >= 0.3 is 5.88 Å². The zero-order chi connectivity index (χ0) is 13.3. The van der Waals surface area contributed by atoms with Gasteiger partial charge in [-0.25, -0.2) is 0 Å². The molecule has 0 aliphatic carbocycles. The van der Waals surface area contributed by atoms with Crippen LogP contribution < -0.4 is 10.1 Å². The molecule has 0 saturated carbocycles. The van der Waals surface area contributed by atoms with E-state index in [1.165, 1.54) is 20.1 Å². The Bertz CT molecular complexity index is 632. The van der Waals surface area contributed by atoms with Crippen LogP contribution in [0.4, 0.5) is 11.6 Å². The van der Waals surface area contributed by atoms with Crippen LogP contribution in [-0.4, -0.2) is 17.9 Å². The summed E-state index contributed by atoms with van der Waals surface area (Å²) in [6, 6.07) is 4.42. The molecule has 0 aliphatic rings. The van der Waals surface area contributed by atoms with E-state index in [1.807, 2.05) is 0 Å². The molecular weight excluding hydrogens is 240 g/mol. The van der Waals surface area contributed by atoms with Crippen molar-refractivity contribution in [2.45, 2.75) is 6.92 Å². The molecule has 0 spiro atoms. The van der Waals surface area contributed by atoms with E-state index in [0.29, 0.717) is 16.8 Å². The van der Waals surface area contributed by atoms with Crippen LogP contribution in [0.2, 0.25) is 0 Å². The summed E-state index contributed by atoms with van der Waals surface area (Å²) in [5.74, 6) is -0.307. The van der Waals surface area contributed by atoms with Gasteiger partial charge in [0.15, 0.2) is 11.3 Å². The maximum absolute atomic E-state index is 11.0. The number of amides is 1. The van der Waals surface area contributed by atoms with Crippen LogP contribution in [0.1, 0.15) is 6.92 Å². The number of nitro groups is 1. The molecule has 0 unspecified atom stereocenters. The number of nitrogens with one attached hydrogen (secondary N) is 1. The molecule has 2 aromatic rings. The highest BCUT2D eigenvalue weighted by molar-refractivity contribution is 6.02. The molecule has 0 saturated heterocycles. The number of hydrogen-bond donors (Lipinski definition) is 1. The highest BCUT2D eigenvalue weighted by Gasteiger charge is 2.19. The van der Waals surface area contributed by atoms with Gasteiger partial charge < -0.3 is 14.5 Å². The van der Waals surface area contributed by atoms with Crippen molar-refractivity contribution in [3.63, 3.8) is 0 Å². The van der Waals surface area contributed by atoms with Gasteiger partial charge in [0.05, 0.1) is 24.2 Å². The van der Waals surface area contributed by atoms with Gasteiger partial charge in [0.25, 0.3) is 0 Å². The van der Waals surface area contributed by atoms with Crippen LogP contribution in [0.15, 0.2) is 22.6 Å². The largest absolute Gasteiger partial charge is 0.493 e. The van der Waals surface area contributed by atoms with Crippen molar-refractivity contribution in [3.8, 4) is 5.75 Å². The summed E-state index contributed by atoms with van der Waals surface area (Å²) in [6.45, 7) is 1.35. The smallest absolute Gasteiger partial charge is 0.434 e. The number of anilines is 1. The highest BCUT2D eigenvalue weighted by atomic mass is 16.6. The van der Waals surface area contributed by atoms with Crippen LogP contribution in [0.5, 0.6) is 5.75 Å². The van der Waals surface area contributed by atoms with E-state index >= 15 is 0 Å². The first-order valence-electron chi connectivity index (χ1n) is 5.05. The number of fused-ring (bicyclic) bond motifs is 1. The number of methoxy groups -OCH3 is 1.